The van der Waals surface area contributed by atoms with E-state index in [1.807, 2.05) is 0 Å². The van der Waals surface area contributed by atoms with Gasteiger partial charge in [-0.05, 0) is 89.2 Å². The van der Waals surface area contributed by atoms with Crippen LogP contribution in [0.5, 0.6) is 11.5 Å². The van der Waals surface area contributed by atoms with Gasteiger partial charge in [-0.2, -0.15) is 0 Å². The van der Waals surface area contributed by atoms with Crippen LogP contribution in [0, 0.1) is 0 Å². The van der Waals surface area contributed by atoms with Crippen LogP contribution in [0.1, 0.15) is 130 Å². The van der Waals surface area contributed by atoms with Crippen molar-refractivity contribution in [1.29, 1.82) is 0 Å². The third-order valence-corrected chi connectivity index (χ3v) is 16.9. The second kappa shape index (κ2) is 14.3. The summed E-state index contributed by atoms with van der Waals surface area (Å²) >= 11 is 7.77. The highest BCUT2D eigenvalue weighted by Crippen LogP contribution is 2.48. The smallest absolute Gasteiger partial charge is 0.148 e. The lowest BCUT2D eigenvalue weighted by Gasteiger charge is -2.44. The fourth-order valence-corrected chi connectivity index (χ4v) is 13.8. The quantitative estimate of drug-likeness (QED) is 0.201. The van der Waals surface area contributed by atoms with Crippen molar-refractivity contribution in [3.05, 3.63) is 56.5 Å². The van der Waals surface area contributed by atoms with Gasteiger partial charge in [0.2, 0.25) is 0 Å². The predicted octanol–water partition coefficient (Wildman–Crippen LogP) is 12.2. The maximum Gasteiger partial charge on any atom is 0.148 e. The molecule has 0 heterocycles. The molecular weight excluding hydrogens is 652 g/mol. The Kier molecular flexibility index (Phi) is 11.6. The second-order valence-corrected chi connectivity index (χ2v) is 21.4. The van der Waals surface area contributed by atoms with Crippen molar-refractivity contribution in [2.24, 2.45) is 0 Å². The molecule has 0 spiro atoms. The van der Waals surface area contributed by atoms with Gasteiger partial charge < -0.3 is 9.47 Å². The van der Waals surface area contributed by atoms with E-state index >= 15 is 0 Å². The van der Waals surface area contributed by atoms with Gasteiger partial charge in [0.15, 0.2) is 0 Å². The van der Waals surface area contributed by atoms with Gasteiger partial charge in [0.1, 0.15) is 19.6 Å². The summed E-state index contributed by atoms with van der Waals surface area (Å²) in [5.41, 5.74) is 4.41. The van der Waals surface area contributed by atoms with Crippen molar-refractivity contribution in [2.75, 3.05) is 12.5 Å². The van der Waals surface area contributed by atoms with Crippen molar-refractivity contribution >= 4 is 39.9 Å². The molecule has 0 aliphatic heterocycles. The molecule has 2 saturated carbocycles. The van der Waals surface area contributed by atoms with E-state index in [9.17, 15) is 0 Å². The Bertz CT molecular complexity index is 1030. The van der Waals surface area contributed by atoms with Crippen LogP contribution in [0.15, 0.2) is 45.3 Å². The monoisotopic (exact) mass is 704 g/mol. The lowest BCUT2D eigenvalue weighted by atomic mass is 9.87. The van der Waals surface area contributed by atoms with Crippen LogP contribution in [0.25, 0.3) is 0 Å². The molecule has 4 rings (SSSR count). The maximum absolute atomic E-state index is 6.96. The van der Waals surface area contributed by atoms with Gasteiger partial charge in [0.05, 0.1) is 21.4 Å². The molecule has 0 saturated heterocycles. The van der Waals surface area contributed by atoms with Crippen LogP contribution in [0.2, 0.25) is 11.1 Å². The van der Waals surface area contributed by atoms with E-state index in [-0.39, 0.29) is 10.8 Å². The summed E-state index contributed by atoms with van der Waals surface area (Å²) in [7, 11) is -2.06. The van der Waals surface area contributed by atoms with Gasteiger partial charge in [0.25, 0.3) is 0 Å². The lowest BCUT2D eigenvalue weighted by Crippen LogP contribution is -2.56. The average Bonchev–Trinajstić information content (AvgIpc) is 3.36. The first-order valence-corrected chi connectivity index (χ1v) is 20.4. The molecule has 0 atom stereocenters. The Hall–Kier alpha value is -0.783. The molecule has 5 heteroatoms. The summed E-state index contributed by atoms with van der Waals surface area (Å²) in [4.78, 5) is 0. The van der Waals surface area contributed by atoms with E-state index in [0.717, 1.165) is 44.0 Å². The zero-order valence-electron chi connectivity index (χ0n) is 26.6. The summed E-state index contributed by atoms with van der Waals surface area (Å²) in [6.07, 6.45) is 18.1. The molecule has 0 N–H and O–H groups in total. The normalized spacial score (nSPS) is 18.5. The van der Waals surface area contributed by atoms with Crippen molar-refractivity contribution in [2.45, 2.75) is 141 Å². The van der Waals surface area contributed by atoms with Gasteiger partial charge in [-0.25, -0.2) is 0 Å². The molecular formula is C36H54Br2O2Si. The van der Waals surface area contributed by atoms with Crippen LogP contribution in [0.3, 0.4) is 0 Å². The first-order valence-electron chi connectivity index (χ1n) is 16.3. The first kappa shape index (κ1) is 33.1. The zero-order chi connectivity index (χ0) is 29.7. The maximum atomic E-state index is 6.96. The molecule has 228 valence electrons. The Balaban J connectivity index is 1.69. The molecule has 2 aromatic rings. The highest BCUT2D eigenvalue weighted by atomic mass is 79.9. The Labute approximate surface area is 269 Å². The topological polar surface area (TPSA) is 18.5 Å². The van der Waals surface area contributed by atoms with Crippen LogP contribution in [-0.4, -0.2) is 20.5 Å². The minimum atomic E-state index is -2.06. The van der Waals surface area contributed by atoms with Gasteiger partial charge in [0, 0.05) is 0 Å². The Morgan fingerprint density at radius 3 is 1.22 bits per heavy atom. The molecule has 41 heavy (non-hydrogen) atoms. The van der Waals surface area contributed by atoms with Gasteiger partial charge in [-0.15, -0.1) is 0 Å². The Morgan fingerprint density at radius 1 is 0.585 bits per heavy atom. The number of ether oxygens (including phenoxy) is 2. The number of benzene rings is 2. The predicted molar refractivity (Wildman–Crippen MR) is 185 cm³/mol. The van der Waals surface area contributed by atoms with Gasteiger partial charge in [-0.3, -0.25) is 0 Å². The molecule has 2 aromatic carbocycles. The highest BCUT2D eigenvalue weighted by Gasteiger charge is 2.49. The largest absolute Gasteiger partial charge is 0.496 e. The van der Waals surface area contributed by atoms with E-state index in [1.54, 1.807) is 0 Å². The first-order chi connectivity index (χ1) is 19.4. The molecule has 0 radical (unpaired) electrons. The molecule has 0 unspecified atom stereocenters. The van der Waals surface area contributed by atoms with Gasteiger partial charge >= 0.3 is 0 Å². The van der Waals surface area contributed by atoms with Crippen molar-refractivity contribution < 1.29 is 9.47 Å². The molecule has 2 aliphatic rings. The zero-order valence-corrected chi connectivity index (χ0v) is 30.8. The van der Waals surface area contributed by atoms with Crippen LogP contribution in [0.4, 0.5) is 0 Å². The second-order valence-electron chi connectivity index (χ2n) is 15.0. The van der Waals surface area contributed by atoms with E-state index in [0.29, 0.717) is 0 Å². The Morgan fingerprint density at radius 2 is 0.927 bits per heavy atom. The van der Waals surface area contributed by atoms with E-state index < -0.39 is 8.07 Å². The molecule has 0 amide bonds. The summed E-state index contributed by atoms with van der Waals surface area (Å²) in [5.74, 6) is 1.99. The number of rotatable bonds is 8. The lowest BCUT2D eigenvalue weighted by molar-refractivity contribution is 0.323. The van der Waals surface area contributed by atoms with Crippen molar-refractivity contribution in [3.8, 4) is 11.5 Å². The minimum absolute atomic E-state index is 0.115. The van der Waals surface area contributed by atoms with Gasteiger partial charge in [-0.1, -0.05) is 131 Å². The fourth-order valence-electron chi connectivity index (χ4n) is 7.15. The molecule has 0 bridgehead atoms. The fraction of sp³-hybridized carbons (Fsp3) is 0.667. The summed E-state index contributed by atoms with van der Waals surface area (Å²) in [6.45, 7) is 13.6. The standard InChI is InChI=1S/C36H54Br2O2Si/c1-35(2,3)27-19-21-33(31(37)23-27)39-25-41(29-15-11-7-8-12-16-29,30-17-13-9-10-14-18-30)26-40-34-22-20-28(24-32(34)38)36(4,5)6/h19-24,29-30H,7-18,25-26H2,1-6H3. The summed E-state index contributed by atoms with van der Waals surface area (Å²) in [5, 5.41) is 0. The average molecular weight is 707 g/mol. The summed E-state index contributed by atoms with van der Waals surface area (Å²) < 4.78 is 16.1. The SMILES string of the molecule is CC(C)(C)c1ccc(OC[Si](COc2ccc(C(C)(C)C)cc2Br)(C2CCCCCC2)C2CCCCCC2)c(Br)c1. The summed E-state index contributed by atoms with van der Waals surface area (Å²) in [6, 6.07) is 13.4. The third-order valence-electron chi connectivity index (χ3n) is 9.93. The van der Waals surface area contributed by atoms with Crippen LogP contribution >= 0.6 is 31.9 Å². The molecule has 2 aliphatic carbocycles. The molecule has 2 nitrogen and oxygen atoms in total. The van der Waals surface area contributed by atoms with Crippen LogP contribution < -0.4 is 9.47 Å². The minimum Gasteiger partial charge on any atom is -0.496 e. The number of hydrogen-bond donors (Lipinski definition) is 0. The molecule has 0 aromatic heterocycles. The number of hydrogen-bond acceptors (Lipinski definition) is 2. The van der Waals surface area contributed by atoms with E-state index in [4.69, 9.17) is 9.47 Å². The third kappa shape index (κ3) is 8.66. The van der Waals surface area contributed by atoms with Crippen LogP contribution in [-0.2, 0) is 10.8 Å². The molecule has 2 fully saturated rings. The number of halogens is 2. The van der Waals surface area contributed by atoms with E-state index in [2.05, 4.69) is 110 Å². The van der Waals surface area contributed by atoms with E-state index in [1.165, 1.54) is 88.2 Å². The van der Waals surface area contributed by atoms with Crippen molar-refractivity contribution in [1.82, 2.24) is 0 Å². The highest BCUT2D eigenvalue weighted by molar-refractivity contribution is 9.10. The van der Waals surface area contributed by atoms with Crippen molar-refractivity contribution in [3.63, 3.8) is 0 Å².